The summed E-state index contributed by atoms with van der Waals surface area (Å²) in [6, 6.07) is 3.30. The smallest absolute Gasteiger partial charge is 0.260 e. The van der Waals surface area contributed by atoms with Gasteiger partial charge < -0.3 is 9.64 Å². The highest BCUT2D eigenvalue weighted by Gasteiger charge is 2.17. The van der Waals surface area contributed by atoms with Gasteiger partial charge in [0.2, 0.25) is 5.88 Å². The Morgan fingerprint density at radius 3 is 2.61 bits per heavy atom. The number of hydrogen-bond donors (Lipinski definition) is 0. The van der Waals surface area contributed by atoms with Crippen molar-refractivity contribution in [2.45, 2.75) is 25.7 Å². The van der Waals surface area contributed by atoms with Crippen LogP contribution < -0.4 is 4.74 Å². The van der Waals surface area contributed by atoms with Crippen molar-refractivity contribution in [3.63, 3.8) is 0 Å². The highest BCUT2D eigenvalue weighted by atomic mass is 35.5. The van der Waals surface area contributed by atoms with Crippen LogP contribution in [0.3, 0.4) is 0 Å². The first kappa shape index (κ1) is 16.3. The molecule has 1 aliphatic heterocycles. The Hall–Kier alpha value is -1.59. The van der Waals surface area contributed by atoms with Crippen LogP contribution >= 0.6 is 23.2 Å². The standard InChI is InChI=1S/C16H17Cl2N3O2/c17-11-7-12-15(13(18)8-11)19-10-20-16(12)23-9-14(22)21-5-3-1-2-4-6-21/h7-8,10H,1-6,9H2. The van der Waals surface area contributed by atoms with E-state index in [1.807, 2.05) is 4.90 Å². The molecular formula is C16H17Cl2N3O2. The van der Waals surface area contributed by atoms with E-state index >= 15 is 0 Å². The number of halogens is 2. The summed E-state index contributed by atoms with van der Waals surface area (Å²) in [6.45, 7) is 1.55. The highest BCUT2D eigenvalue weighted by molar-refractivity contribution is 6.38. The lowest BCUT2D eigenvalue weighted by Crippen LogP contribution is -2.35. The predicted molar refractivity (Wildman–Crippen MR) is 90.1 cm³/mol. The minimum absolute atomic E-state index is 0.0215. The lowest BCUT2D eigenvalue weighted by atomic mass is 10.2. The molecule has 1 saturated heterocycles. The number of carbonyl (C=O) groups is 1. The number of fused-ring (bicyclic) bond motifs is 1. The first-order valence-corrected chi connectivity index (χ1v) is 8.41. The maximum absolute atomic E-state index is 12.3. The number of benzene rings is 1. The van der Waals surface area contributed by atoms with Crippen LogP contribution in [0.4, 0.5) is 0 Å². The molecule has 122 valence electrons. The molecule has 1 aliphatic rings. The Labute approximate surface area is 144 Å². The molecule has 0 radical (unpaired) electrons. The summed E-state index contributed by atoms with van der Waals surface area (Å²) in [5.74, 6) is 0.300. The lowest BCUT2D eigenvalue weighted by molar-refractivity contribution is -0.133. The van der Waals surface area contributed by atoms with E-state index in [-0.39, 0.29) is 12.5 Å². The minimum atomic E-state index is -0.0454. The van der Waals surface area contributed by atoms with Crippen molar-refractivity contribution < 1.29 is 9.53 Å². The largest absolute Gasteiger partial charge is 0.467 e. The number of nitrogens with zero attached hydrogens (tertiary/aromatic N) is 3. The van der Waals surface area contributed by atoms with Crippen molar-refractivity contribution in [2.24, 2.45) is 0 Å². The zero-order valence-electron chi connectivity index (χ0n) is 12.6. The van der Waals surface area contributed by atoms with Crippen molar-refractivity contribution in [1.29, 1.82) is 0 Å². The maximum atomic E-state index is 12.3. The maximum Gasteiger partial charge on any atom is 0.260 e. The average Bonchev–Trinajstić information content (AvgIpc) is 2.82. The van der Waals surface area contributed by atoms with Crippen molar-refractivity contribution in [3.05, 3.63) is 28.5 Å². The van der Waals surface area contributed by atoms with Gasteiger partial charge in [-0.1, -0.05) is 36.0 Å². The van der Waals surface area contributed by atoms with Gasteiger partial charge in [-0.3, -0.25) is 4.79 Å². The molecule has 0 atom stereocenters. The summed E-state index contributed by atoms with van der Waals surface area (Å²) in [6.07, 6.45) is 5.82. The first-order chi connectivity index (χ1) is 11.1. The second kappa shape index (κ2) is 7.32. The summed E-state index contributed by atoms with van der Waals surface area (Å²) >= 11 is 12.2. The molecule has 2 aromatic rings. The monoisotopic (exact) mass is 353 g/mol. The molecule has 0 bridgehead atoms. The third kappa shape index (κ3) is 3.85. The number of hydrogen-bond acceptors (Lipinski definition) is 4. The fourth-order valence-corrected chi connectivity index (χ4v) is 3.27. The van der Waals surface area contributed by atoms with Crippen molar-refractivity contribution in [3.8, 4) is 5.88 Å². The van der Waals surface area contributed by atoms with Crippen LogP contribution in [-0.2, 0) is 4.79 Å². The third-order valence-electron chi connectivity index (χ3n) is 3.91. The van der Waals surface area contributed by atoms with Crippen molar-refractivity contribution in [1.82, 2.24) is 14.9 Å². The molecule has 23 heavy (non-hydrogen) atoms. The topological polar surface area (TPSA) is 55.3 Å². The van der Waals surface area contributed by atoms with E-state index in [0.717, 1.165) is 25.9 Å². The predicted octanol–water partition coefficient (Wildman–Crippen LogP) is 3.72. The molecule has 0 unspecified atom stereocenters. The van der Waals surface area contributed by atoms with Crippen LogP contribution in [0, 0.1) is 0 Å². The second-order valence-corrected chi connectivity index (χ2v) is 6.39. The van der Waals surface area contributed by atoms with E-state index < -0.39 is 0 Å². The van der Waals surface area contributed by atoms with Gasteiger partial charge in [-0.25, -0.2) is 9.97 Å². The Morgan fingerprint density at radius 2 is 1.87 bits per heavy atom. The van der Waals surface area contributed by atoms with Crippen LogP contribution in [-0.4, -0.2) is 40.5 Å². The molecule has 7 heteroatoms. The molecule has 1 fully saturated rings. The molecule has 0 saturated carbocycles. The molecular weight excluding hydrogens is 337 g/mol. The van der Waals surface area contributed by atoms with E-state index in [1.165, 1.54) is 19.2 Å². The fraction of sp³-hybridized carbons (Fsp3) is 0.438. The summed E-state index contributed by atoms with van der Waals surface area (Å²) in [5.41, 5.74) is 0.559. The van der Waals surface area contributed by atoms with Crippen molar-refractivity contribution in [2.75, 3.05) is 19.7 Å². The SMILES string of the molecule is O=C(COc1ncnc2c(Cl)cc(Cl)cc12)N1CCCCCC1. The molecule has 0 spiro atoms. The van der Waals surface area contributed by atoms with Gasteiger partial charge in [-0.05, 0) is 25.0 Å². The average molecular weight is 354 g/mol. The van der Waals surface area contributed by atoms with Crippen LogP contribution in [0.2, 0.25) is 10.0 Å². The van der Waals surface area contributed by atoms with Gasteiger partial charge in [0.05, 0.1) is 15.9 Å². The van der Waals surface area contributed by atoms with E-state index in [1.54, 1.807) is 12.1 Å². The molecule has 1 aromatic heterocycles. The van der Waals surface area contributed by atoms with E-state index in [9.17, 15) is 4.79 Å². The van der Waals surface area contributed by atoms with E-state index in [0.29, 0.717) is 26.8 Å². The lowest BCUT2D eigenvalue weighted by Gasteiger charge is -2.20. The molecule has 2 heterocycles. The van der Waals surface area contributed by atoms with Gasteiger partial charge in [0.25, 0.3) is 5.91 Å². The van der Waals surface area contributed by atoms with Gasteiger partial charge >= 0.3 is 0 Å². The molecule has 0 aliphatic carbocycles. The van der Waals surface area contributed by atoms with Gasteiger partial charge in [0.1, 0.15) is 6.33 Å². The van der Waals surface area contributed by atoms with Crippen molar-refractivity contribution >= 4 is 40.0 Å². The normalized spacial score (nSPS) is 15.5. The van der Waals surface area contributed by atoms with Gasteiger partial charge in [-0.2, -0.15) is 0 Å². The van der Waals surface area contributed by atoms with Gasteiger partial charge in [0, 0.05) is 18.1 Å². The number of likely N-dealkylation sites (tertiary alicyclic amines) is 1. The number of carbonyl (C=O) groups excluding carboxylic acids is 1. The van der Waals surface area contributed by atoms with Crippen LogP contribution in [0.15, 0.2) is 18.5 Å². The molecule has 3 rings (SSSR count). The zero-order valence-corrected chi connectivity index (χ0v) is 14.1. The Kier molecular flexibility index (Phi) is 5.18. The summed E-state index contributed by atoms with van der Waals surface area (Å²) < 4.78 is 5.63. The number of ether oxygens (including phenoxy) is 1. The zero-order chi connectivity index (χ0) is 16.2. The fourth-order valence-electron chi connectivity index (χ4n) is 2.73. The van der Waals surface area contributed by atoms with Gasteiger partial charge in [-0.15, -0.1) is 0 Å². The number of aromatic nitrogens is 2. The molecule has 1 aromatic carbocycles. The number of amides is 1. The first-order valence-electron chi connectivity index (χ1n) is 7.65. The Bertz CT molecular complexity index is 716. The quantitative estimate of drug-likeness (QED) is 0.843. The minimum Gasteiger partial charge on any atom is -0.467 e. The Balaban J connectivity index is 1.75. The summed E-state index contributed by atoms with van der Waals surface area (Å²) in [5, 5.41) is 1.51. The number of rotatable bonds is 3. The Morgan fingerprint density at radius 1 is 1.13 bits per heavy atom. The summed E-state index contributed by atoms with van der Waals surface area (Å²) in [7, 11) is 0. The molecule has 0 N–H and O–H groups in total. The van der Waals surface area contributed by atoms with Crippen LogP contribution in [0.5, 0.6) is 5.88 Å². The van der Waals surface area contributed by atoms with E-state index in [4.69, 9.17) is 27.9 Å². The summed E-state index contributed by atoms with van der Waals surface area (Å²) in [4.78, 5) is 22.4. The van der Waals surface area contributed by atoms with Crippen LogP contribution in [0.25, 0.3) is 10.9 Å². The second-order valence-electron chi connectivity index (χ2n) is 5.55. The third-order valence-corrected chi connectivity index (χ3v) is 4.42. The molecule has 1 amide bonds. The van der Waals surface area contributed by atoms with E-state index in [2.05, 4.69) is 9.97 Å². The highest BCUT2D eigenvalue weighted by Crippen LogP contribution is 2.30. The molecule has 5 nitrogen and oxygen atoms in total. The van der Waals surface area contributed by atoms with Crippen LogP contribution in [0.1, 0.15) is 25.7 Å². The van der Waals surface area contributed by atoms with Gasteiger partial charge in [0.15, 0.2) is 6.61 Å².